The summed E-state index contributed by atoms with van der Waals surface area (Å²) in [5.41, 5.74) is 7.98. The Hall–Kier alpha value is -2.32. The summed E-state index contributed by atoms with van der Waals surface area (Å²) >= 11 is 3.37. The van der Waals surface area contributed by atoms with E-state index in [9.17, 15) is 4.79 Å². The lowest BCUT2D eigenvalue weighted by atomic mass is 10.2. The number of ether oxygens (including phenoxy) is 1. The summed E-state index contributed by atoms with van der Waals surface area (Å²) in [4.78, 5) is 20.4. The Bertz CT molecular complexity index is 806. The van der Waals surface area contributed by atoms with Gasteiger partial charge in [-0.2, -0.15) is 0 Å². The van der Waals surface area contributed by atoms with Crippen LogP contribution in [-0.2, 0) is 0 Å². The zero-order chi connectivity index (χ0) is 18.7. The molecule has 0 aliphatic carbocycles. The second-order valence-electron chi connectivity index (χ2n) is 6.21. The van der Waals surface area contributed by atoms with Crippen molar-refractivity contribution in [2.24, 2.45) is 5.73 Å². The standard InChI is InChI=1S/C18H22BrN5O2/c1-23-5-7-24(8-6-23)13-3-4-14(16(10-13)26-2)22-15-9-12(19)11-21-17(15)18(20)25/h3-4,9-11,22H,5-8H2,1-2H3,(H2,20,25). The molecule has 1 aliphatic heterocycles. The van der Waals surface area contributed by atoms with Gasteiger partial charge in [-0.15, -0.1) is 0 Å². The molecule has 0 atom stereocenters. The highest BCUT2D eigenvalue weighted by Gasteiger charge is 2.17. The lowest BCUT2D eigenvalue weighted by Gasteiger charge is -2.34. The van der Waals surface area contributed by atoms with Crippen molar-refractivity contribution < 1.29 is 9.53 Å². The molecule has 0 unspecified atom stereocenters. The molecule has 2 heterocycles. The van der Waals surface area contributed by atoms with E-state index in [0.717, 1.165) is 42.0 Å². The predicted molar refractivity (Wildman–Crippen MR) is 106 cm³/mol. The first-order valence-electron chi connectivity index (χ1n) is 8.32. The van der Waals surface area contributed by atoms with Crippen LogP contribution in [0.25, 0.3) is 0 Å². The molecule has 8 heteroatoms. The van der Waals surface area contributed by atoms with Crippen molar-refractivity contribution in [2.45, 2.75) is 0 Å². The van der Waals surface area contributed by atoms with Gasteiger partial charge in [-0.3, -0.25) is 4.79 Å². The van der Waals surface area contributed by atoms with E-state index >= 15 is 0 Å². The number of nitrogens with zero attached hydrogens (tertiary/aromatic N) is 3. The maximum atomic E-state index is 11.6. The Morgan fingerprint density at radius 2 is 1.96 bits per heavy atom. The molecule has 3 N–H and O–H groups in total. The number of carbonyl (C=O) groups is 1. The maximum absolute atomic E-state index is 11.6. The number of primary amides is 1. The number of hydrogen-bond acceptors (Lipinski definition) is 6. The summed E-state index contributed by atoms with van der Waals surface area (Å²) in [6.07, 6.45) is 1.54. The number of methoxy groups -OCH3 is 1. The molecule has 0 spiro atoms. The van der Waals surface area contributed by atoms with Crippen molar-refractivity contribution in [3.8, 4) is 5.75 Å². The van der Waals surface area contributed by atoms with Crippen molar-refractivity contribution >= 4 is 38.9 Å². The lowest BCUT2D eigenvalue weighted by Crippen LogP contribution is -2.44. The molecule has 1 fully saturated rings. The number of carbonyl (C=O) groups excluding carboxylic acids is 1. The van der Waals surface area contributed by atoms with Crippen LogP contribution in [0.1, 0.15) is 10.5 Å². The fourth-order valence-electron chi connectivity index (χ4n) is 2.92. The van der Waals surface area contributed by atoms with E-state index in [2.05, 4.69) is 43.1 Å². The summed E-state index contributed by atoms with van der Waals surface area (Å²) in [5, 5.41) is 3.21. The number of rotatable bonds is 5. The van der Waals surface area contributed by atoms with Crippen molar-refractivity contribution in [1.29, 1.82) is 0 Å². The van der Waals surface area contributed by atoms with Crippen LogP contribution in [0.15, 0.2) is 34.9 Å². The van der Waals surface area contributed by atoms with Gasteiger partial charge >= 0.3 is 0 Å². The monoisotopic (exact) mass is 419 g/mol. The summed E-state index contributed by atoms with van der Waals surface area (Å²) in [6.45, 7) is 4.03. The molecule has 1 aromatic carbocycles. The molecular formula is C18H22BrN5O2. The van der Waals surface area contributed by atoms with E-state index in [1.165, 1.54) is 0 Å². The molecule has 1 saturated heterocycles. The molecule has 0 radical (unpaired) electrons. The number of aromatic nitrogens is 1. The number of likely N-dealkylation sites (N-methyl/N-ethyl adjacent to an activating group) is 1. The number of benzene rings is 1. The van der Waals surface area contributed by atoms with Crippen LogP contribution >= 0.6 is 15.9 Å². The highest BCUT2D eigenvalue weighted by atomic mass is 79.9. The Labute approximate surface area is 161 Å². The van der Waals surface area contributed by atoms with E-state index in [1.54, 1.807) is 19.4 Å². The zero-order valence-corrected chi connectivity index (χ0v) is 16.4. The number of pyridine rings is 1. The number of anilines is 3. The van der Waals surface area contributed by atoms with Gasteiger partial charge in [-0.1, -0.05) is 0 Å². The Morgan fingerprint density at radius 3 is 2.62 bits per heavy atom. The molecule has 7 nitrogen and oxygen atoms in total. The smallest absolute Gasteiger partial charge is 0.269 e. The van der Waals surface area contributed by atoms with Gasteiger partial charge in [0.15, 0.2) is 5.69 Å². The number of hydrogen-bond donors (Lipinski definition) is 2. The summed E-state index contributed by atoms with van der Waals surface area (Å²) in [7, 11) is 3.76. The minimum absolute atomic E-state index is 0.179. The Morgan fingerprint density at radius 1 is 1.23 bits per heavy atom. The molecule has 1 amide bonds. The summed E-state index contributed by atoms with van der Waals surface area (Å²) in [5.74, 6) is 0.102. The van der Waals surface area contributed by atoms with Crippen molar-refractivity contribution in [1.82, 2.24) is 9.88 Å². The van der Waals surface area contributed by atoms with Gasteiger partial charge in [0.1, 0.15) is 5.75 Å². The van der Waals surface area contributed by atoms with E-state index in [1.807, 2.05) is 18.2 Å². The molecule has 138 valence electrons. The van der Waals surface area contributed by atoms with Crippen LogP contribution in [0.2, 0.25) is 0 Å². The van der Waals surface area contributed by atoms with Crippen LogP contribution in [0.5, 0.6) is 5.75 Å². The summed E-state index contributed by atoms with van der Waals surface area (Å²) in [6, 6.07) is 7.76. The first kappa shape index (κ1) is 18.5. The summed E-state index contributed by atoms with van der Waals surface area (Å²) < 4.78 is 6.30. The van der Waals surface area contributed by atoms with Gasteiger partial charge < -0.3 is 25.6 Å². The van der Waals surface area contributed by atoms with Gasteiger partial charge in [0, 0.05) is 48.6 Å². The fourth-order valence-corrected chi connectivity index (χ4v) is 3.25. The third kappa shape index (κ3) is 4.08. The minimum Gasteiger partial charge on any atom is -0.494 e. The normalized spacial score (nSPS) is 15.0. The van der Waals surface area contributed by atoms with Gasteiger partial charge in [0.25, 0.3) is 5.91 Å². The van der Waals surface area contributed by atoms with Crippen LogP contribution in [0.4, 0.5) is 17.1 Å². The molecule has 1 aromatic heterocycles. The first-order valence-corrected chi connectivity index (χ1v) is 9.11. The second-order valence-corrected chi connectivity index (χ2v) is 7.13. The topological polar surface area (TPSA) is 83.7 Å². The van der Waals surface area contributed by atoms with E-state index < -0.39 is 5.91 Å². The SMILES string of the molecule is COc1cc(N2CCN(C)CC2)ccc1Nc1cc(Br)cnc1C(N)=O. The fraction of sp³-hybridized carbons (Fsp3) is 0.333. The molecular weight excluding hydrogens is 398 g/mol. The molecule has 0 bridgehead atoms. The third-order valence-corrected chi connectivity index (χ3v) is 4.84. The Kier molecular flexibility index (Phi) is 5.63. The van der Waals surface area contributed by atoms with Crippen LogP contribution in [-0.4, -0.2) is 56.1 Å². The molecule has 3 rings (SSSR count). The van der Waals surface area contributed by atoms with Crippen LogP contribution in [0.3, 0.4) is 0 Å². The predicted octanol–water partition coefficient (Wildman–Crippen LogP) is 2.45. The maximum Gasteiger partial charge on any atom is 0.269 e. The second kappa shape index (κ2) is 7.92. The number of piperazine rings is 1. The molecule has 0 saturated carbocycles. The van der Waals surface area contributed by atoms with E-state index in [4.69, 9.17) is 10.5 Å². The number of halogens is 1. The average molecular weight is 420 g/mol. The van der Waals surface area contributed by atoms with Gasteiger partial charge in [-0.05, 0) is 41.2 Å². The number of amides is 1. The van der Waals surface area contributed by atoms with E-state index in [0.29, 0.717) is 11.4 Å². The van der Waals surface area contributed by atoms with Crippen molar-refractivity contribution in [3.05, 3.63) is 40.6 Å². The Balaban J connectivity index is 1.87. The van der Waals surface area contributed by atoms with Gasteiger partial charge in [0.2, 0.25) is 0 Å². The lowest BCUT2D eigenvalue weighted by molar-refractivity contribution is 0.0996. The zero-order valence-electron chi connectivity index (χ0n) is 14.8. The number of nitrogens with one attached hydrogen (secondary N) is 1. The minimum atomic E-state index is -0.590. The van der Waals surface area contributed by atoms with Crippen molar-refractivity contribution in [2.75, 3.05) is 50.6 Å². The largest absolute Gasteiger partial charge is 0.494 e. The first-order chi connectivity index (χ1) is 12.5. The highest BCUT2D eigenvalue weighted by Crippen LogP contribution is 2.33. The third-order valence-electron chi connectivity index (χ3n) is 4.41. The highest BCUT2D eigenvalue weighted by molar-refractivity contribution is 9.10. The van der Waals surface area contributed by atoms with Crippen LogP contribution in [0, 0.1) is 0 Å². The van der Waals surface area contributed by atoms with Gasteiger partial charge in [-0.25, -0.2) is 4.98 Å². The molecule has 26 heavy (non-hydrogen) atoms. The van der Waals surface area contributed by atoms with Crippen molar-refractivity contribution in [3.63, 3.8) is 0 Å². The molecule has 1 aliphatic rings. The van der Waals surface area contributed by atoms with Gasteiger partial charge in [0.05, 0.1) is 18.5 Å². The quantitative estimate of drug-likeness (QED) is 0.773. The van der Waals surface area contributed by atoms with Crippen LogP contribution < -0.4 is 20.7 Å². The molecule has 2 aromatic rings. The van der Waals surface area contributed by atoms with E-state index in [-0.39, 0.29) is 5.69 Å². The number of nitrogens with two attached hydrogens (primary N) is 1. The average Bonchev–Trinajstić information content (AvgIpc) is 2.62.